The van der Waals surface area contributed by atoms with E-state index in [1.807, 2.05) is 0 Å². The molecule has 3 heterocycles. The maximum absolute atomic E-state index is 12.9. The maximum Gasteiger partial charge on any atom is 0.258 e. The van der Waals surface area contributed by atoms with Crippen molar-refractivity contribution in [3.63, 3.8) is 0 Å². The van der Waals surface area contributed by atoms with Gasteiger partial charge in [0.05, 0.1) is 22.6 Å². The molecule has 5 amide bonds. The van der Waals surface area contributed by atoms with Crippen molar-refractivity contribution in [2.75, 3.05) is 0 Å². The molecule has 9 heteroatoms. The highest BCUT2D eigenvalue weighted by atomic mass is 16.2. The van der Waals surface area contributed by atoms with Crippen LogP contribution in [-0.2, 0) is 9.59 Å². The zero-order chi connectivity index (χ0) is 21.5. The van der Waals surface area contributed by atoms with Crippen LogP contribution >= 0.6 is 0 Å². The van der Waals surface area contributed by atoms with E-state index in [2.05, 4.69) is 20.9 Å². The third-order valence-electron chi connectivity index (χ3n) is 5.59. The second-order valence-corrected chi connectivity index (χ2v) is 7.53. The van der Waals surface area contributed by atoms with Crippen molar-refractivity contribution in [2.45, 2.75) is 25.8 Å². The number of carbonyl (C=O) groups excluding carboxylic acids is 5. The summed E-state index contributed by atoms with van der Waals surface area (Å²) in [6, 6.07) is 6.82. The van der Waals surface area contributed by atoms with E-state index in [0.29, 0.717) is 11.1 Å². The van der Waals surface area contributed by atoms with E-state index in [0.717, 1.165) is 0 Å². The van der Waals surface area contributed by atoms with Gasteiger partial charge in [0.15, 0.2) is 0 Å². The van der Waals surface area contributed by atoms with Crippen molar-refractivity contribution in [2.24, 2.45) is 5.41 Å². The number of nitrogens with one attached hydrogen (secondary N) is 3. The first-order chi connectivity index (χ1) is 14.3. The average Bonchev–Trinajstić information content (AvgIpc) is 3.03. The largest absolute Gasteiger partial charge is 0.344 e. The highest BCUT2D eigenvalue weighted by Crippen LogP contribution is 2.41. The number of aromatic nitrogens is 1. The van der Waals surface area contributed by atoms with Gasteiger partial charge in [-0.3, -0.25) is 39.6 Å². The smallest absolute Gasteiger partial charge is 0.258 e. The number of hydrogen-bond donors (Lipinski definition) is 3. The lowest BCUT2D eigenvalue weighted by Crippen LogP contribution is -2.53. The summed E-state index contributed by atoms with van der Waals surface area (Å²) in [5.74, 6) is -2.36. The summed E-state index contributed by atoms with van der Waals surface area (Å²) < 4.78 is 0. The van der Waals surface area contributed by atoms with E-state index in [-0.39, 0.29) is 29.9 Å². The molecule has 0 radical (unpaired) electrons. The fourth-order valence-electron chi connectivity index (χ4n) is 3.79. The van der Waals surface area contributed by atoms with Gasteiger partial charge < -0.3 is 5.32 Å². The number of imide groups is 2. The minimum Gasteiger partial charge on any atom is -0.344 e. The molecule has 0 saturated carbocycles. The van der Waals surface area contributed by atoms with E-state index in [1.54, 1.807) is 13.0 Å². The molecule has 30 heavy (non-hydrogen) atoms. The summed E-state index contributed by atoms with van der Waals surface area (Å²) in [7, 11) is 0. The highest BCUT2D eigenvalue weighted by molar-refractivity contribution is 6.21. The number of benzene rings is 1. The molecule has 1 unspecified atom stereocenters. The molecule has 1 aromatic carbocycles. The predicted molar refractivity (Wildman–Crippen MR) is 103 cm³/mol. The Hall–Kier alpha value is -3.88. The van der Waals surface area contributed by atoms with E-state index in [4.69, 9.17) is 0 Å². The van der Waals surface area contributed by atoms with Gasteiger partial charge in [0.25, 0.3) is 17.7 Å². The molecule has 3 N–H and O–H groups in total. The van der Waals surface area contributed by atoms with Crippen molar-refractivity contribution in [1.82, 2.24) is 20.9 Å². The van der Waals surface area contributed by atoms with Gasteiger partial charge in [0.1, 0.15) is 0 Å². The first kappa shape index (κ1) is 19.4. The van der Waals surface area contributed by atoms with E-state index < -0.39 is 35.1 Å². The van der Waals surface area contributed by atoms with E-state index in [1.165, 1.54) is 36.7 Å². The molecule has 1 saturated heterocycles. The number of hydrogen-bond acceptors (Lipinski definition) is 6. The molecule has 2 aromatic rings. The Kier molecular flexibility index (Phi) is 4.65. The molecule has 0 aliphatic carbocycles. The molecule has 152 valence electrons. The van der Waals surface area contributed by atoms with Gasteiger partial charge in [0, 0.05) is 24.4 Å². The summed E-state index contributed by atoms with van der Waals surface area (Å²) in [5, 5.41) is 7.42. The Morgan fingerprint density at radius 1 is 1.03 bits per heavy atom. The fraction of sp³-hybridized carbons (Fsp3) is 0.238. The molecule has 2 aliphatic heterocycles. The molecule has 4 rings (SSSR count). The third kappa shape index (κ3) is 3.24. The van der Waals surface area contributed by atoms with Gasteiger partial charge in [-0.2, -0.15) is 0 Å². The van der Waals surface area contributed by atoms with Crippen molar-refractivity contribution >= 4 is 29.5 Å². The van der Waals surface area contributed by atoms with Crippen LogP contribution in [0.1, 0.15) is 62.4 Å². The monoisotopic (exact) mass is 406 g/mol. The molecule has 1 fully saturated rings. The molecule has 1 aromatic heterocycles. The zero-order valence-electron chi connectivity index (χ0n) is 16.0. The Morgan fingerprint density at radius 3 is 2.43 bits per heavy atom. The van der Waals surface area contributed by atoms with Crippen LogP contribution in [0.5, 0.6) is 0 Å². The molecule has 2 atom stereocenters. The van der Waals surface area contributed by atoms with Crippen molar-refractivity contribution in [3.8, 4) is 0 Å². The summed E-state index contributed by atoms with van der Waals surface area (Å²) in [4.78, 5) is 65.2. The van der Waals surface area contributed by atoms with Crippen LogP contribution in [-0.4, -0.2) is 34.5 Å². The standard InChI is InChI=1S/C21H18N4O5/c1-21(7-4-15(26)23-20(21)30)16(24-17(27)11-5-8-22-9-6-11)12-2-3-13-14(10-12)19(29)25-18(13)28/h2-3,5-6,8-10,16H,4,7H2,1H3,(H,24,27)(H,23,26,30)(H,25,28,29)/t16?,21-/m1/s1. The lowest BCUT2D eigenvalue weighted by molar-refractivity contribution is -0.142. The zero-order valence-corrected chi connectivity index (χ0v) is 16.0. The molecule has 2 aliphatic rings. The van der Waals surface area contributed by atoms with Crippen LogP contribution in [0.25, 0.3) is 0 Å². The lowest BCUT2D eigenvalue weighted by Gasteiger charge is -2.39. The van der Waals surface area contributed by atoms with Crippen LogP contribution in [0, 0.1) is 5.41 Å². The van der Waals surface area contributed by atoms with Crippen LogP contribution in [0.15, 0.2) is 42.7 Å². The second-order valence-electron chi connectivity index (χ2n) is 7.53. The van der Waals surface area contributed by atoms with Gasteiger partial charge in [-0.05, 0) is 43.2 Å². The van der Waals surface area contributed by atoms with Crippen molar-refractivity contribution in [1.29, 1.82) is 0 Å². The molecule has 0 bridgehead atoms. The fourth-order valence-corrected chi connectivity index (χ4v) is 3.79. The number of carbonyl (C=O) groups is 5. The van der Waals surface area contributed by atoms with Crippen molar-refractivity contribution < 1.29 is 24.0 Å². The first-order valence-corrected chi connectivity index (χ1v) is 9.34. The molecular formula is C21H18N4O5. The van der Waals surface area contributed by atoms with Gasteiger partial charge in [-0.25, -0.2) is 0 Å². The van der Waals surface area contributed by atoms with Gasteiger partial charge in [-0.15, -0.1) is 0 Å². The number of rotatable bonds is 4. The van der Waals surface area contributed by atoms with Gasteiger partial charge in [0.2, 0.25) is 11.8 Å². The van der Waals surface area contributed by atoms with Crippen LogP contribution < -0.4 is 16.0 Å². The first-order valence-electron chi connectivity index (χ1n) is 9.34. The van der Waals surface area contributed by atoms with Gasteiger partial charge >= 0.3 is 0 Å². The van der Waals surface area contributed by atoms with Crippen LogP contribution in [0.4, 0.5) is 0 Å². The highest BCUT2D eigenvalue weighted by Gasteiger charge is 2.46. The molecule has 0 spiro atoms. The number of nitrogens with zero attached hydrogens (tertiary/aromatic N) is 1. The minimum absolute atomic E-state index is 0.119. The molecule has 9 nitrogen and oxygen atoms in total. The Labute approximate surface area is 171 Å². The lowest BCUT2D eigenvalue weighted by atomic mass is 9.72. The summed E-state index contributed by atoms with van der Waals surface area (Å²) in [6.07, 6.45) is 3.28. The summed E-state index contributed by atoms with van der Waals surface area (Å²) in [5.41, 5.74) is 0.0881. The predicted octanol–water partition coefficient (Wildman–Crippen LogP) is 0.879. The third-order valence-corrected chi connectivity index (χ3v) is 5.59. The second kappa shape index (κ2) is 7.18. The van der Waals surface area contributed by atoms with Crippen LogP contribution in [0.2, 0.25) is 0 Å². The van der Waals surface area contributed by atoms with Crippen molar-refractivity contribution in [3.05, 3.63) is 65.0 Å². The number of fused-ring (bicyclic) bond motifs is 1. The van der Waals surface area contributed by atoms with Crippen LogP contribution in [0.3, 0.4) is 0 Å². The number of piperidine rings is 1. The SMILES string of the molecule is C[C@]1(C(NC(=O)c2ccncc2)c2ccc3c(c2)C(=O)NC3=O)CCC(=O)NC1=O. The quantitative estimate of drug-likeness (QED) is 0.645. The van der Waals surface area contributed by atoms with Gasteiger partial charge in [-0.1, -0.05) is 6.07 Å². The normalized spacial score (nSPS) is 21.5. The minimum atomic E-state index is -1.15. The average molecular weight is 406 g/mol. The Morgan fingerprint density at radius 2 is 1.73 bits per heavy atom. The topological polar surface area (TPSA) is 134 Å². The summed E-state index contributed by atoms with van der Waals surface area (Å²) >= 11 is 0. The Balaban J connectivity index is 1.76. The summed E-state index contributed by atoms with van der Waals surface area (Å²) in [6.45, 7) is 1.66. The molecular weight excluding hydrogens is 388 g/mol. The number of amides is 5. The maximum atomic E-state index is 12.9. The Bertz CT molecular complexity index is 1100. The number of pyridine rings is 1. The van der Waals surface area contributed by atoms with E-state index in [9.17, 15) is 24.0 Å². The van der Waals surface area contributed by atoms with E-state index >= 15 is 0 Å².